The molecule has 0 atom stereocenters. The molecule has 8 heteroatoms. The molecule has 0 bridgehead atoms. The fraction of sp³-hybridized carbons (Fsp3) is 0. The van der Waals surface area contributed by atoms with Crippen molar-refractivity contribution < 1.29 is 77.1 Å². The van der Waals surface area contributed by atoms with Crippen LogP contribution in [0.5, 0.6) is 0 Å². The third kappa shape index (κ3) is 120. The Hall–Kier alpha value is 1.70. The van der Waals surface area contributed by atoms with Crippen molar-refractivity contribution in [2.75, 3.05) is 0 Å². The molecule has 0 aromatic heterocycles. The summed E-state index contributed by atoms with van der Waals surface area (Å²) in [4.78, 5) is 0. The first-order chi connectivity index (χ1) is 1.73. The fourth-order valence-electron chi connectivity index (χ4n) is 0. The Bertz CT molecular complexity index is 16.0. The molecule has 0 aromatic rings. The number of rotatable bonds is 0. The van der Waals surface area contributed by atoms with Gasteiger partial charge in [0.2, 0.25) is 0 Å². The molecule has 4 nitrogen and oxygen atoms in total. The summed E-state index contributed by atoms with van der Waals surface area (Å²) in [6.07, 6.45) is 0. The smallest absolute Gasteiger partial charge is 0.907 e. The van der Waals surface area contributed by atoms with Crippen molar-refractivity contribution in [3.8, 4) is 0 Å². The summed E-state index contributed by atoms with van der Waals surface area (Å²) in [5.41, 5.74) is 0. The van der Waals surface area contributed by atoms with E-state index in [0.717, 1.165) is 0 Å². The van der Waals surface area contributed by atoms with Crippen molar-refractivity contribution in [3.63, 3.8) is 0 Å². The molecule has 0 aliphatic heterocycles. The third-order valence-corrected chi connectivity index (χ3v) is 0. The van der Waals surface area contributed by atoms with E-state index in [4.69, 9.17) is 15.1 Å². The van der Waals surface area contributed by atoms with Gasteiger partial charge in [-0.1, -0.05) is 0 Å². The minimum absolute atomic E-state index is 0. The molecule has 0 aliphatic rings. The van der Waals surface area contributed by atoms with Crippen LogP contribution >= 0.6 is 0 Å². The standard InChI is InChI=1S/BO3.3Li.H2O/c2-1(3)4;;;;/h;;;;1H2/q-3;3*+1;. The van der Waals surface area contributed by atoms with E-state index in [0.29, 0.717) is 0 Å². The molecule has 0 rings (SSSR count). The first-order valence-corrected chi connectivity index (χ1v) is 0.707. The van der Waals surface area contributed by atoms with E-state index < -0.39 is 7.32 Å². The average molecular weight is 97.6 g/mol. The van der Waals surface area contributed by atoms with Crippen molar-refractivity contribution in [1.29, 1.82) is 0 Å². The molecule has 0 amide bonds. The summed E-state index contributed by atoms with van der Waals surface area (Å²) < 4.78 is 0. The van der Waals surface area contributed by atoms with E-state index in [1.165, 1.54) is 0 Å². The second-order valence-corrected chi connectivity index (χ2v) is 0.289. The van der Waals surface area contributed by atoms with Gasteiger partial charge in [-0.25, -0.2) is 0 Å². The number of hydrogen-bond donors (Lipinski definition) is 0. The quantitative estimate of drug-likeness (QED) is 0.281. The van der Waals surface area contributed by atoms with Gasteiger partial charge in [-0.15, -0.1) is 0 Å². The zero-order valence-corrected chi connectivity index (χ0v) is 5.30. The molecule has 0 saturated heterocycles. The monoisotopic (exact) mass is 98.1 g/mol. The van der Waals surface area contributed by atoms with Crippen molar-refractivity contribution >= 4 is 7.32 Å². The minimum atomic E-state index is -2.92. The average Bonchev–Trinajstić information content (AvgIpc) is 0.811. The van der Waals surface area contributed by atoms with Crippen LogP contribution in [0.15, 0.2) is 0 Å². The Morgan fingerprint density at radius 2 is 0.750 bits per heavy atom. The zero-order chi connectivity index (χ0) is 3.58. The third-order valence-electron chi connectivity index (χ3n) is 0. The van der Waals surface area contributed by atoms with Gasteiger partial charge in [0.15, 0.2) is 0 Å². The van der Waals surface area contributed by atoms with Gasteiger partial charge in [-0.05, 0) is 0 Å². The topological polar surface area (TPSA) is 101 Å². The maximum atomic E-state index is 8.42. The molecule has 0 saturated carbocycles. The molecular formula is H2BLi3O4. The SMILES string of the molecule is O.[Li+].[Li+].[Li+].[O-]B([O-])[O-]. The molecule has 0 fully saturated rings. The zero-order valence-electron chi connectivity index (χ0n) is 5.30. The molecule has 0 heterocycles. The molecule has 0 unspecified atom stereocenters. The molecule has 0 aromatic carbocycles. The normalized spacial score (nSPS) is 3.38. The molecule has 8 heavy (non-hydrogen) atoms. The summed E-state index contributed by atoms with van der Waals surface area (Å²) in [6.45, 7) is 0. The second kappa shape index (κ2) is 23.4. The summed E-state index contributed by atoms with van der Waals surface area (Å²) in [5.74, 6) is 0. The first kappa shape index (κ1) is 33.2. The van der Waals surface area contributed by atoms with Gasteiger partial charge >= 0.3 is 56.6 Å². The van der Waals surface area contributed by atoms with Crippen LogP contribution in [0.1, 0.15) is 0 Å². The molecule has 32 valence electrons. The van der Waals surface area contributed by atoms with E-state index >= 15 is 0 Å². The molecular weight excluding hydrogens is 95.6 g/mol. The van der Waals surface area contributed by atoms with Crippen LogP contribution in [0.25, 0.3) is 0 Å². The Labute approximate surface area is 84.1 Å². The molecule has 2 N–H and O–H groups in total. The second-order valence-electron chi connectivity index (χ2n) is 0.289. The van der Waals surface area contributed by atoms with Crippen molar-refractivity contribution in [3.05, 3.63) is 0 Å². The van der Waals surface area contributed by atoms with Crippen LogP contribution < -0.4 is 71.7 Å². The van der Waals surface area contributed by atoms with E-state index in [2.05, 4.69) is 0 Å². The summed E-state index contributed by atoms with van der Waals surface area (Å²) in [6, 6.07) is 0. The Morgan fingerprint density at radius 1 is 0.750 bits per heavy atom. The first-order valence-electron chi connectivity index (χ1n) is 0.707. The predicted octanol–water partition coefficient (Wildman–Crippen LogP) is -13.8. The largest absolute Gasteiger partial charge is 1.00 e. The maximum Gasteiger partial charge on any atom is 1.00 e. The van der Waals surface area contributed by atoms with E-state index in [1.807, 2.05) is 0 Å². The van der Waals surface area contributed by atoms with Crippen LogP contribution in [-0.2, 0) is 0 Å². The fourth-order valence-corrected chi connectivity index (χ4v) is 0. The Kier molecular flexibility index (Phi) is 97.1. The van der Waals surface area contributed by atoms with Gasteiger partial charge < -0.3 is 20.5 Å². The maximum absolute atomic E-state index is 8.42. The van der Waals surface area contributed by atoms with E-state index in [9.17, 15) is 0 Å². The van der Waals surface area contributed by atoms with Crippen molar-refractivity contribution in [2.24, 2.45) is 0 Å². The van der Waals surface area contributed by atoms with Gasteiger partial charge in [-0.2, -0.15) is 0 Å². The van der Waals surface area contributed by atoms with Gasteiger partial charge in [0.25, 0.3) is 0 Å². The van der Waals surface area contributed by atoms with Crippen molar-refractivity contribution in [1.82, 2.24) is 0 Å². The van der Waals surface area contributed by atoms with Gasteiger partial charge in [0.05, 0.1) is 0 Å². The summed E-state index contributed by atoms with van der Waals surface area (Å²) in [5, 5.41) is 25.2. The predicted molar refractivity (Wildman–Crippen MR) is 9.37 cm³/mol. The van der Waals surface area contributed by atoms with Crippen LogP contribution in [0, 0.1) is 0 Å². The van der Waals surface area contributed by atoms with Crippen LogP contribution in [0.4, 0.5) is 0 Å². The van der Waals surface area contributed by atoms with E-state index in [-0.39, 0.29) is 62.1 Å². The van der Waals surface area contributed by atoms with Crippen LogP contribution in [0.3, 0.4) is 0 Å². The molecule has 0 radical (unpaired) electrons. The number of hydrogen-bond acceptors (Lipinski definition) is 3. The Morgan fingerprint density at radius 3 is 0.750 bits per heavy atom. The summed E-state index contributed by atoms with van der Waals surface area (Å²) >= 11 is 0. The van der Waals surface area contributed by atoms with Gasteiger partial charge in [0, 0.05) is 0 Å². The van der Waals surface area contributed by atoms with Gasteiger partial charge in [0.1, 0.15) is 0 Å². The summed E-state index contributed by atoms with van der Waals surface area (Å²) in [7, 11) is -2.92. The van der Waals surface area contributed by atoms with Crippen molar-refractivity contribution in [2.45, 2.75) is 0 Å². The van der Waals surface area contributed by atoms with Crippen LogP contribution in [-0.4, -0.2) is 12.8 Å². The Balaban J connectivity index is -0.00000000750. The van der Waals surface area contributed by atoms with Crippen LogP contribution in [0.2, 0.25) is 0 Å². The molecule has 0 spiro atoms. The minimum Gasteiger partial charge on any atom is -0.907 e. The van der Waals surface area contributed by atoms with E-state index in [1.54, 1.807) is 0 Å². The van der Waals surface area contributed by atoms with Gasteiger partial charge in [-0.3, -0.25) is 7.32 Å². The molecule has 0 aliphatic carbocycles.